The molecule has 0 radical (unpaired) electrons. The van der Waals surface area contributed by atoms with Crippen LogP contribution in [0.1, 0.15) is 44.1 Å². The van der Waals surface area contributed by atoms with Crippen LogP contribution in [-0.4, -0.2) is 23.8 Å². The lowest BCUT2D eigenvalue weighted by molar-refractivity contribution is 0.155. The normalized spacial score (nSPS) is 24.6. The number of nitrogens with one attached hydrogen (secondary N) is 1. The molecule has 0 bridgehead atoms. The molecular formula is C15H22ClNO. The molecule has 1 unspecified atom stereocenters. The highest BCUT2D eigenvalue weighted by atomic mass is 35.5. The minimum Gasteiger partial charge on any atom is -0.393 e. The van der Waals surface area contributed by atoms with Gasteiger partial charge in [-0.05, 0) is 55.8 Å². The molecule has 0 aliphatic heterocycles. The van der Waals surface area contributed by atoms with Gasteiger partial charge in [-0.3, -0.25) is 0 Å². The largest absolute Gasteiger partial charge is 0.393 e. The van der Waals surface area contributed by atoms with E-state index >= 15 is 0 Å². The molecule has 1 aromatic carbocycles. The molecule has 0 aromatic heterocycles. The van der Waals surface area contributed by atoms with E-state index in [4.69, 9.17) is 11.6 Å². The second-order valence-electron chi connectivity index (χ2n) is 5.23. The lowest BCUT2D eigenvalue weighted by Crippen LogP contribution is -2.41. The third-order valence-corrected chi connectivity index (χ3v) is 4.08. The Hall–Kier alpha value is -0.570. The molecule has 1 aliphatic carbocycles. The minimum atomic E-state index is -0.152. The molecule has 2 rings (SSSR count). The zero-order chi connectivity index (χ0) is 13.0. The van der Waals surface area contributed by atoms with Gasteiger partial charge in [0.05, 0.1) is 6.10 Å². The Morgan fingerprint density at radius 2 is 2.22 bits per heavy atom. The van der Waals surface area contributed by atoms with Crippen LogP contribution in [0, 0.1) is 0 Å². The van der Waals surface area contributed by atoms with E-state index in [-0.39, 0.29) is 6.10 Å². The summed E-state index contributed by atoms with van der Waals surface area (Å²) >= 11 is 6.00. The summed E-state index contributed by atoms with van der Waals surface area (Å²) in [5.41, 5.74) is 1.36. The van der Waals surface area contributed by atoms with Gasteiger partial charge in [-0.25, -0.2) is 0 Å². The van der Waals surface area contributed by atoms with Crippen LogP contribution in [0.4, 0.5) is 0 Å². The van der Waals surface area contributed by atoms with Crippen LogP contribution < -0.4 is 5.32 Å². The molecular weight excluding hydrogens is 246 g/mol. The molecule has 0 heterocycles. The van der Waals surface area contributed by atoms with Crippen molar-refractivity contribution in [3.63, 3.8) is 0 Å². The predicted molar refractivity (Wildman–Crippen MR) is 76.1 cm³/mol. The number of hydrogen-bond acceptors (Lipinski definition) is 2. The Morgan fingerprint density at radius 3 is 2.89 bits per heavy atom. The molecule has 1 aromatic rings. The molecule has 0 spiro atoms. The summed E-state index contributed by atoms with van der Waals surface area (Å²) in [7, 11) is 0. The summed E-state index contributed by atoms with van der Waals surface area (Å²) in [4.78, 5) is 0. The van der Waals surface area contributed by atoms with E-state index in [0.29, 0.717) is 12.0 Å². The van der Waals surface area contributed by atoms with Crippen molar-refractivity contribution in [2.75, 3.05) is 6.54 Å². The van der Waals surface area contributed by atoms with Crippen LogP contribution in [0.5, 0.6) is 0 Å². The first-order valence-electron chi connectivity index (χ1n) is 6.86. The maximum Gasteiger partial charge on any atom is 0.0549 e. The van der Waals surface area contributed by atoms with Gasteiger partial charge in [-0.2, -0.15) is 0 Å². The molecule has 3 heteroatoms. The van der Waals surface area contributed by atoms with Crippen LogP contribution in [0.3, 0.4) is 0 Å². The van der Waals surface area contributed by atoms with Crippen LogP contribution >= 0.6 is 11.6 Å². The fraction of sp³-hybridized carbons (Fsp3) is 0.600. The summed E-state index contributed by atoms with van der Waals surface area (Å²) in [6, 6.07) is 8.79. The van der Waals surface area contributed by atoms with Gasteiger partial charge >= 0.3 is 0 Å². The Morgan fingerprint density at radius 1 is 1.44 bits per heavy atom. The minimum absolute atomic E-state index is 0.152. The van der Waals surface area contributed by atoms with Crippen LogP contribution in [0.25, 0.3) is 0 Å². The number of aliphatic hydroxyl groups is 1. The monoisotopic (exact) mass is 267 g/mol. The smallest absolute Gasteiger partial charge is 0.0549 e. The van der Waals surface area contributed by atoms with Gasteiger partial charge in [0.25, 0.3) is 0 Å². The Labute approximate surface area is 114 Å². The fourth-order valence-electron chi connectivity index (χ4n) is 2.48. The molecule has 0 amide bonds. The number of aliphatic hydroxyl groups excluding tert-OH is 1. The van der Waals surface area contributed by atoms with Gasteiger partial charge in [-0.15, -0.1) is 0 Å². The highest BCUT2D eigenvalue weighted by Gasteiger charge is 2.29. The third-order valence-electron chi connectivity index (χ3n) is 3.84. The van der Waals surface area contributed by atoms with Crippen LogP contribution in [0.15, 0.2) is 24.3 Å². The number of halogens is 1. The van der Waals surface area contributed by atoms with Crippen molar-refractivity contribution < 1.29 is 5.11 Å². The molecule has 18 heavy (non-hydrogen) atoms. The van der Waals surface area contributed by atoms with E-state index in [1.807, 2.05) is 19.1 Å². The highest BCUT2D eigenvalue weighted by Crippen LogP contribution is 2.37. The average molecular weight is 268 g/mol. The molecule has 1 atom stereocenters. The Kier molecular flexibility index (Phi) is 5.04. The molecule has 2 N–H and O–H groups in total. The van der Waals surface area contributed by atoms with Gasteiger partial charge in [0.15, 0.2) is 0 Å². The summed E-state index contributed by atoms with van der Waals surface area (Å²) < 4.78 is 0. The molecule has 1 saturated carbocycles. The first-order valence-corrected chi connectivity index (χ1v) is 7.23. The second-order valence-corrected chi connectivity index (χ2v) is 5.66. The van der Waals surface area contributed by atoms with Crippen molar-refractivity contribution in [1.82, 2.24) is 5.32 Å². The SMILES string of the molecule is CCC(O)CCNC1CC(c2cccc(Cl)c2)C1. The maximum atomic E-state index is 9.47. The average Bonchev–Trinajstić information content (AvgIpc) is 2.31. The van der Waals surface area contributed by atoms with E-state index in [1.54, 1.807) is 0 Å². The quantitative estimate of drug-likeness (QED) is 0.829. The van der Waals surface area contributed by atoms with Crippen molar-refractivity contribution in [1.29, 1.82) is 0 Å². The second kappa shape index (κ2) is 6.55. The van der Waals surface area contributed by atoms with Gasteiger partial charge < -0.3 is 10.4 Å². The first kappa shape index (κ1) is 13.9. The zero-order valence-electron chi connectivity index (χ0n) is 10.9. The summed E-state index contributed by atoms with van der Waals surface area (Å²) in [6.07, 6.45) is 3.92. The number of rotatable bonds is 6. The van der Waals surface area contributed by atoms with E-state index in [1.165, 1.54) is 18.4 Å². The van der Waals surface area contributed by atoms with E-state index < -0.39 is 0 Å². The fourth-order valence-corrected chi connectivity index (χ4v) is 2.67. The van der Waals surface area contributed by atoms with Crippen molar-refractivity contribution in [3.8, 4) is 0 Å². The summed E-state index contributed by atoms with van der Waals surface area (Å²) in [5.74, 6) is 0.650. The molecule has 1 aliphatic rings. The van der Waals surface area contributed by atoms with Crippen molar-refractivity contribution in [2.24, 2.45) is 0 Å². The van der Waals surface area contributed by atoms with Crippen molar-refractivity contribution in [2.45, 2.75) is 50.7 Å². The van der Waals surface area contributed by atoms with Crippen LogP contribution in [0.2, 0.25) is 5.02 Å². The number of hydrogen-bond donors (Lipinski definition) is 2. The van der Waals surface area contributed by atoms with Gasteiger partial charge in [0.1, 0.15) is 0 Å². The lowest BCUT2D eigenvalue weighted by Gasteiger charge is -2.36. The van der Waals surface area contributed by atoms with Gasteiger partial charge in [0.2, 0.25) is 0 Å². The Bertz CT molecular complexity index is 377. The van der Waals surface area contributed by atoms with Gasteiger partial charge in [-0.1, -0.05) is 30.7 Å². The molecule has 100 valence electrons. The molecule has 2 nitrogen and oxygen atoms in total. The van der Waals surface area contributed by atoms with E-state index in [0.717, 1.165) is 24.4 Å². The zero-order valence-corrected chi connectivity index (χ0v) is 11.7. The highest BCUT2D eigenvalue weighted by molar-refractivity contribution is 6.30. The van der Waals surface area contributed by atoms with Crippen molar-refractivity contribution >= 4 is 11.6 Å². The standard InChI is InChI=1S/C15H22ClNO/c1-2-15(18)6-7-17-14-9-12(10-14)11-4-3-5-13(16)8-11/h3-5,8,12,14-15,17-18H,2,6-7,9-10H2,1H3. The Balaban J connectivity index is 1.68. The first-order chi connectivity index (χ1) is 8.69. The van der Waals surface area contributed by atoms with E-state index in [2.05, 4.69) is 17.4 Å². The lowest BCUT2D eigenvalue weighted by atomic mass is 9.76. The summed E-state index contributed by atoms with van der Waals surface area (Å²) in [5, 5.41) is 13.8. The van der Waals surface area contributed by atoms with Crippen LogP contribution in [-0.2, 0) is 0 Å². The van der Waals surface area contributed by atoms with E-state index in [9.17, 15) is 5.11 Å². The molecule has 0 saturated heterocycles. The molecule has 1 fully saturated rings. The predicted octanol–water partition coefficient (Wildman–Crippen LogP) is 3.34. The summed E-state index contributed by atoms with van der Waals surface area (Å²) in [6.45, 7) is 2.94. The third kappa shape index (κ3) is 3.71. The number of benzene rings is 1. The topological polar surface area (TPSA) is 32.3 Å². The van der Waals surface area contributed by atoms with Crippen molar-refractivity contribution in [3.05, 3.63) is 34.9 Å². The maximum absolute atomic E-state index is 9.47. The van der Waals surface area contributed by atoms with Gasteiger partial charge in [0, 0.05) is 11.1 Å².